The quantitative estimate of drug-likeness (QED) is 0.731. The van der Waals surface area contributed by atoms with Crippen LogP contribution in [0.2, 0.25) is 0 Å². The van der Waals surface area contributed by atoms with E-state index in [-0.39, 0.29) is 0 Å². The molecular weight excluding hydrogens is 294 g/mol. The van der Waals surface area contributed by atoms with E-state index in [1.54, 1.807) is 0 Å². The minimum atomic E-state index is 0.606. The van der Waals surface area contributed by atoms with E-state index in [2.05, 4.69) is 66.4 Å². The number of hydrogen-bond donors (Lipinski definition) is 1. The highest BCUT2D eigenvalue weighted by atomic mass is 79.9. The maximum atomic E-state index is 3.53. The van der Waals surface area contributed by atoms with Gasteiger partial charge in [0.15, 0.2) is 0 Å². The first kappa shape index (κ1) is 15.1. The smallest absolute Gasteiger partial charge is 0.0245 e. The Morgan fingerprint density at radius 2 is 2.12 bits per heavy atom. The fourth-order valence-electron chi connectivity index (χ4n) is 1.99. The summed E-state index contributed by atoms with van der Waals surface area (Å²) in [6.45, 7) is 4.52. The Bertz CT molecular complexity index is 330. The normalized spacial score (nSPS) is 14.6. The summed E-state index contributed by atoms with van der Waals surface area (Å²) in [6.07, 6.45) is 3.68. The van der Waals surface area contributed by atoms with Gasteiger partial charge < -0.3 is 5.32 Å². The Labute approximate surface area is 118 Å². The highest BCUT2D eigenvalue weighted by molar-refractivity contribution is 9.10. The molecule has 0 aliphatic carbocycles. The Morgan fingerprint density at radius 1 is 1.35 bits per heavy atom. The average molecular weight is 316 g/mol. The van der Waals surface area contributed by atoms with E-state index < -0.39 is 0 Å². The molecule has 0 fully saturated rings. The van der Waals surface area contributed by atoms with Crippen molar-refractivity contribution in [1.82, 2.24) is 5.32 Å². The van der Waals surface area contributed by atoms with Gasteiger partial charge in [0, 0.05) is 20.7 Å². The van der Waals surface area contributed by atoms with Gasteiger partial charge in [-0.25, -0.2) is 0 Å². The lowest BCUT2D eigenvalue weighted by Gasteiger charge is -2.25. The largest absolute Gasteiger partial charge is 0.316 e. The molecule has 0 saturated carbocycles. The molecule has 2 unspecified atom stereocenters. The van der Waals surface area contributed by atoms with E-state index in [1.165, 1.54) is 24.2 Å². The van der Waals surface area contributed by atoms with Gasteiger partial charge in [-0.2, -0.15) is 0 Å². The van der Waals surface area contributed by atoms with Crippen molar-refractivity contribution < 1.29 is 0 Å². The molecule has 0 aromatic heterocycles. The Balaban J connectivity index is 2.68. The molecule has 0 saturated heterocycles. The lowest BCUT2D eigenvalue weighted by atomic mass is 10.1. The van der Waals surface area contributed by atoms with Crippen molar-refractivity contribution in [1.29, 1.82) is 0 Å². The van der Waals surface area contributed by atoms with E-state index in [0.717, 1.165) is 4.47 Å². The second-order valence-corrected chi connectivity index (χ2v) is 6.43. The van der Waals surface area contributed by atoms with Crippen molar-refractivity contribution in [3.63, 3.8) is 0 Å². The molecular formula is C14H22BrNS. The summed E-state index contributed by atoms with van der Waals surface area (Å²) >= 11 is 5.51. The number of thioether (sulfide) groups is 1. The van der Waals surface area contributed by atoms with E-state index in [1.807, 2.05) is 11.8 Å². The Hall–Kier alpha value is 0.01000. The van der Waals surface area contributed by atoms with Crippen molar-refractivity contribution in [2.75, 3.05) is 7.05 Å². The van der Waals surface area contributed by atoms with Gasteiger partial charge in [0.1, 0.15) is 0 Å². The van der Waals surface area contributed by atoms with Gasteiger partial charge in [-0.15, -0.1) is 11.8 Å². The number of nitrogens with one attached hydrogen (secondary N) is 1. The van der Waals surface area contributed by atoms with Crippen LogP contribution in [0.5, 0.6) is 0 Å². The molecule has 0 bridgehead atoms. The molecule has 3 heteroatoms. The molecule has 2 atom stereocenters. The standard InChI is InChI=1S/C14H22BrNS/c1-4-7-13(16-3)14(5-2)17-12-9-6-8-11(15)10-12/h6,8-10,13-14,16H,4-5,7H2,1-3H3. The molecule has 1 nitrogen and oxygen atoms in total. The number of hydrogen-bond acceptors (Lipinski definition) is 2. The second kappa shape index (κ2) is 8.17. The van der Waals surface area contributed by atoms with Crippen LogP contribution in [-0.4, -0.2) is 18.3 Å². The van der Waals surface area contributed by atoms with Gasteiger partial charge >= 0.3 is 0 Å². The summed E-state index contributed by atoms with van der Waals surface area (Å²) in [6, 6.07) is 9.18. The van der Waals surface area contributed by atoms with E-state index in [0.29, 0.717) is 11.3 Å². The summed E-state index contributed by atoms with van der Waals surface area (Å²) in [5, 5.41) is 4.10. The molecule has 0 aliphatic rings. The molecule has 0 amide bonds. The van der Waals surface area contributed by atoms with Crippen LogP contribution < -0.4 is 5.32 Å². The molecule has 0 heterocycles. The molecule has 0 radical (unpaired) electrons. The predicted octanol–water partition coefficient (Wildman–Crippen LogP) is 4.71. The van der Waals surface area contributed by atoms with Gasteiger partial charge in [-0.05, 0) is 38.1 Å². The van der Waals surface area contributed by atoms with Crippen LogP contribution in [0, 0.1) is 0 Å². The van der Waals surface area contributed by atoms with Gasteiger partial charge in [-0.1, -0.05) is 42.3 Å². The summed E-state index contributed by atoms with van der Waals surface area (Å²) in [7, 11) is 2.07. The van der Waals surface area contributed by atoms with Crippen molar-refractivity contribution in [3.8, 4) is 0 Å². The SMILES string of the molecule is CCCC(NC)C(CC)Sc1cccc(Br)c1. The topological polar surface area (TPSA) is 12.0 Å². The Morgan fingerprint density at radius 3 is 2.65 bits per heavy atom. The van der Waals surface area contributed by atoms with E-state index in [9.17, 15) is 0 Å². The first-order chi connectivity index (χ1) is 8.21. The minimum absolute atomic E-state index is 0.606. The van der Waals surface area contributed by atoms with Gasteiger partial charge in [-0.3, -0.25) is 0 Å². The number of benzene rings is 1. The molecule has 0 spiro atoms. The number of rotatable bonds is 7. The predicted molar refractivity (Wildman–Crippen MR) is 81.8 cm³/mol. The molecule has 17 heavy (non-hydrogen) atoms. The van der Waals surface area contributed by atoms with E-state index in [4.69, 9.17) is 0 Å². The van der Waals surface area contributed by atoms with Crippen LogP contribution >= 0.6 is 27.7 Å². The van der Waals surface area contributed by atoms with Crippen molar-refractivity contribution in [2.45, 2.75) is 49.3 Å². The number of halogens is 1. The van der Waals surface area contributed by atoms with Crippen LogP contribution in [-0.2, 0) is 0 Å². The van der Waals surface area contributed by atoms with Gasteiger partial charge in [0.2, 0.25) is 0 Å². The van der Waals surface area contributed by atoms with E-state index >= 15 is 0 Å². The van der Waals surface area contributed by atoms with Crippen molar-refractivity contribution in [3.05, 3.63) is 28.7 Å². The van der Waals surface area contributed by atoms with Crippen molar-refractivity contribution >= 4 is 27.7 Å². The third-order valence-electron chi connectivity index (χ3n) is 2.91. The summed E-state index contributed by atoms with van der Waals surface area (Å²) in [5.41, 5.74) is 0. The van der Waals surface area contributed by atoms with Gasteiger partial charge in [0.05, 0.1) is 0 Å². The van der Waals surface area contributed by atoms with Crippen LogP contribution in [0.25, 0.3) is 0 Å². The highest BCUT2D eigenvalue weighted by Gasteiger charge is 2.18. The Kier molecular flexibility index (Phi) is 7.24. The third kappa shape index (κ3) is 5.02. The zero-order valence-corrected chi connectivity index (χ0v) is 13.3. The molecule has 96 valence electrons. The molecule has 0 aliphatic heterocycles. The minimum Gasteiger partial charge on any atom is -0.316 e. The maximum Gasteiger partial charge on any atom is 0.0245 e. The third-order valence-corrected chi connectivity index (χ3v) is 4.89. The van der Waals surface area contributed by atoms with Gasteiger partial charge in [0.25, 0.3) is 0 Å². The fraction of sp³-hybridized carbons (Fsp3) is 0.571. The lowest BCUT2D eigenvalue weighted by Crippen LogP contribution is -2.35. The molecule has 1 N–H and O–H groups in total. The molecule has 1 aromatic carbocycles. The zero-order valence-electron chi connectivity index (χ0n) is 10.9. The molecule has 1 rings (SSSR count). The zero-order chi connectivity index (χ0) is 12.7. The van der Waals surface area contributed by atoms with Crippen molar-refractivity contribution in [2.24, 2.45) is 0 Å². The second-order valence-electron chi connectivity index (χ2n) is 4.21. The fourth-order valence-corrected chi connectivity index (χ4v) is 3.85. The first-order valence-electron chi connectivity index (χ1n) is 6.30. The molecule has 1 aromatic rings. The monoisotopic (exact) mass is 315 g/mol. The summed E-state index contributed by atoms with van der Waals surface area (Å²) in [5.74, 6) is 0. The van der Waals surface area contributed by atoms with Crippen LogP contribution in [0.1, 0.15) is 33.1 Å². The maximum absolute atomic E-state index is 3.53. The lowest BCUT2D eigenvalue weighted by molar-refractivity contribution is 0.490. The average Bonchev–Trinajstić information content (AvgIpc) is 2.33. The van der Waals surface area contributed by atoms with Crippen LogP contribution in [0.3, 0.4) is 0 Å². The summed E-state index contributed by atoms with van der Waals surface area (Å²) < 4.78 is 1.16. The highest BCUT2D eigenvalue weighted by Crippen LogP contribution is 2.30. The van der Waals surface area contributed by atoms with Crippen LogP contribution in [0.15, 0.2) is 33.6 Å². The van der Waals surface area contributed by atoms with Crippen LogP contribution in [0.4, 0.5) is 0 Å². The first-order valence-corrected chi connectivity index (χ1v) is 7.98. The summed E-state index contributed by atoms with van der Waals surface area (Å²) in [4.78, 5) is 1.35.